The molecule has 122 valence electrons. The van der Waals surface area contributed by atoms with Gasteiger partial charge in [0.15, 0.2) is 6.61 Å². The van der Waals surface area contributed by atoms with Gasteiger partial charge in [-0.15, -0.1) is 0 Å². The molecule has 2 rings (SSSR count). The van der Waals surface area contributed by atoms with Crippen molar-refractivity contribution < 1.29 is 14.3 Å². The average Bonchev–Trinajstić information content (AvgIpc) is 2.59. The molecule has 4 nitrogen and oxygen atoms in total. The molecule has 4 heteroatoms. The molecule has 2 aromatic rings. The van der Waals surface area contributed by atoms with Crippen LogP contribution < -0.4 is 14.8 Å². The van der Waals surface area contributed by atoms with Crippen molar-refractivity contribution in [1.29, 1.82) is 0 Å². The number of benzene rings is 2. The molecule has 0 saturated heterocycles. The van der Waals surface area contributed by atoms with E-state index < -0.39 is 0 Å². The first-order chi connectivity index (χ1) is 11.1. The van der Waals surface area contributed by atoms with E-state index in [4.69, 9.17) is 9.47 Å². The second kappa shape index (κ2) is 8.22. The fourth-order valence-electron chi connectivity index (χ4n) is 2.28. The Hall–Kier alpha value is -2.49. The molecule has 0 bridgehead atoms. The van der Waals surface area contributed by atoms with Crippen molar-refractivity contribution in [2.24, 2.45) is 0 Å². The van der Waals surface area contributed by atoms with Gasteiger partial charge in [0.25, 0.3) is 5.91 Å². The lowest BCUT2D eigenvalue weighted by molar-refractivity contribution is -0.118. The van der Waals surface area contributed by atoms with Gasteiger partial charge in [-0.3, -0.25) is 4.79 Å². The number of carbonyl (C=O) groups excluding carboxylic acids is 1. The van der Waals surface area contributed by atoms with Gasteiger partial charge in [0.05, 0.1) is 7.11 Å². The van der Waals surface area contributed by atoms with Crippen LogP contribution in [-0.2, 0) is 4.79 Å². The number of hydrogen-bond donors (Lipinski definition) is 1. The van der Waals surface area contributed by atoms with Crippen molar-refractivity contribution in [3.8, 4) is 11.5 Å². The predicted octanol–water partition coefficient (Wildman–Crippen LogP) is 4.23. The van der Waals surface area contributed by atoms with E-state index in [1.54, 1.807) is 13.2 Å². The van der Waals surface area contributed by atoms with Gasteiger partial charge in [-0.25, -0.2) is 0 Å². The van der Waals surface area contributed by atoms with Crippen LogP contribution in [0.25, 0.3) is 0 Å². The lowest BCUT2D eigenvalue weighted by atomic mass is 9.98. The number of anilines is 1. The highest BCUT2D eigenvalue weighted by molar-refractivity contribution is 5.92. The molecule has 0 aliphatic heterocycles. The van der Waals surface area contributed by atoms with Gasteiger partial charge in [0.1, 0.15) is 11.5 Å². The summed E-state index contributed by atoms with van der Waals surface area (Å²) < 4.78 is 10.8. The first-order valence-corrected chi connectivity index (χ1v) is 7.79. The smallest absolute Gasteiger partial charge is 0.262 e. The molecule has 1 atom stereocenters. The molecule has 0 aliphatic carbocycles. The SMILES string of the molecule is CCC(C)c1ccccc1OCC(=O)Nc1cccc(OC)c1. The van der Waals surface area contributed by atoms with E-state index in [2.05, 4.69) is 19.2 Å². The molecule has 0 fully saturated rings. The number of nitrogens with one attached hydrogen (secondary N) is 1. The minimum Gasteiger partial charge on any atom is -0.497 e. The summed E-state index contributed by atoms with van der Waals surface area (Å²) in [5.41, 5.74) is 1.82. The summed E-state index contributed by atoms with van der Waals surface area (Å²) in [5.74, 6) is 1.67. The van der Waals surface area contributed by atoms with E-state index in [1.165, 1.54) is 0 Å². The summed E-state index contributed by atoms with van der Waals surface area (Å²) in [7, 11) is 1.59. The Kier molecular flexibility index (Phi) is 6.03. The van der Waals surface area contributed by atoms with Gasteiger partial charge < -0.3 is 14.8 Å². The van der Waals surface area contributed by atoms with Crippen LogP contribution in [0, 0.1) is 0 Å². The number of rotatable bonds is 7. The Morgan fingerprint density at radius 3 is 2.70 bits per heavy atom. The van der Waals surface area contributed by atoms with Crippen LogP contribution in [0.15, 0.2) is 48.5 Å². The number of methoxy groups -OCH3 is 1. The highest BCUT2D eigenvalue weighted by Crippen LogP contribution is 2.28. The van der Waals surface area contributed by atoms with E-state index >= 15 is 0 Å². The van der Waals surface area contributed by atoms with Crippen LogP contribution in [0.4, 0.5) is 5.69 Å². The van der Waals surface area contributed by atoms with Crippen LogP contribution in [0.1, 0.15) is 31.7 Å². The van der Waals surface area contributed by atoms with E-state index in [0.717, 1.165) is 17.7 Å². The normalized spacial score (nSPS) is 11.6. The highest BCUT2D eigenvalue weighted by Gasteiger charge is 2.11. The second-order valence-corrected chi connectivity index (χ2v) is 5.42. The van der Waals surface area contributed by atoms with Crippen molar-refractivity contribution in [3.05, 3.63) is 54.1 Å². The van der Waals surface area contributed by atoms with Crippen molar-refractivity contribution in [2.75, 3.05) is 19.0 Å². The topological polar surface area (TPSA) is 47.6 Å². The highest BCUT2D eigenvalue weighted by atomic mass is 16.5. The Labute approximate surface area is 137 Å². The zero-order chi connectivity index (χ0) is 16.7. The number of amides is 1. The summed E-state index contributed by atoms with van der Waals surface area (Å²) in [6.45, 7) is 4.26. The minimum atomic E-state index is -0.197. The Bertz CT molecular complexity index is 655. The predicted molar refractivity (Wildman–Crippen MR) is 92.3 cm³/mol. The minimum absolute atomic E-state index is 0.0232. The van der Waals surface area contributed by atoms with Gasteiger partial charge in [0.2, 0.25) is 0 Å². The molecular weight excluding hydrogens is 290 g/mol. The molecule has 0 radical (unpaired) electrons. The third-order valence-electron chi connectivity index (χ3n) is 3.77. The standard InChI is InChI=1S/C19H23NO3/c1-4-14(2)17-10-5-6-11-18(17)23-13-19(21)20-15-8-7-9-16(12-15)22-3/h5-12,14H,4,13H2,1-3H3,(H,20,21). The summed E-state index contributed by atoms with van der Waals surface area (Å²) in [6.07, 6.45) is 1.02. The van der Waals surface area contributed by atoms with E-state index in [0.29, 0.717) is 17.4 Å². The maximum atomic E-state index is 12.1. The van der Waals surface area contributed by atoms with Crippen LogP contribution in [0.5, 0.6) is 11.5 Å². The quantitative estimate of drug-likeness (QED) is 0.832. The molecule has 1 N–H and O–H groups in total. The summed E-state index contributed by atoms with van der Waals surface area (Å²) in [5, 5.41) is 2.81. The summed E-state index contributed by atoms with van der Waals surface area (Å²) in [6, 6.07) is 15.1. The molecule has 0 spiro atoms. The zero-order valence-electron chi connectivity index (χ0n) is 13.8. The molecule has 2 aromatic carbocycles. The van der Waals surface area contributed by atoms with Crippen molar-refractivity contribution in [3.63, 3.8) is 0 Å². The lowest BCUT2D eigenvalue weighted by Gasteiger charge is -2.15. The summed E-state index contributed by atoms with van der Waals surface area (Å²) in [4.78, 5) is 12.1. The maximum Gasteiger partial charge on any atom is 0.262 e. The molecule has 1 unspecified atom stereocenters. The second-order valence-electron chi connectivity index (χ2n) is 5.42. The fraction of sp³-hybridized carbons (Fsp3) is 0.316. The molecule has 0 aliphatic rings. The summed E-state index contributed by atoms with van der Waals surface area (Å²) >= 11 is 0. The van der Waals surface area contributed by atoms with Gasteiger partial charge in [0, 0.05) is 11.8 Å². The maximum absolute atomic E-state index is 12.1. The third-order valence-corrected chi connectivity index (χ3v) is 3.77. The molecular formula is C19H23NO3. The average molecular weight is 313 g/mol. The van der Waals surface area contributed by atoms with Crippen LogP contribution in [0.3, 0.4) is 0 Å². The van der Waals surface area contributed by atoms with Crippen LogP contribution in [-0.4, -0.2) is 19.6 Å². The lowest BCUT2D eigenvalue weighted by Crippen LogP contribution is -2.20. The van der Waals surface area contributed by atoms with Crippen LogP contribution >= 0.6 is 0 Å². The van der Waals surface area contributed by atoms with Crippen molar-refractivity contribution in [2.45, 2.75) is 26.2 Å². The number of hydrogen-bond acceptors (Lipinski definition) is 3. The Morgan fingerprint density at radius 1 is 1.17 bits per heavy atom. The molecule has 0 saturated carbocycles. The number of ether oxygens (including phenoxy) is 2. The number of carbonyl (C=O) groups is 1. The Morgan fingerprint density at radius 2 is 1.96 bits per heavy atom. The zero-order valence-corrected chi connectivity index (χ0v) is 13.8. The van der Waals surface area contributed by atoms with Gasteiger partial charge in [-0.1, -0.05) is 38.1 Å². The van der Waals surface area contributed by atoms with E-state index in [1.807, 2.05) is 42.5 Å². The van der Waals surface area contributed by atoms with Gasteiger partial charge in [-0.05, 0) is 36.1 Å². The Balaban J connectivity index is 1.97. The largest absolute Gasteiger partial charge is 0.497 e. The third kappa shape index (κ3) is 4.74. The van der Waals surface area contributed by atoms with Crippen molar-refractivity contribution in [1.82, 2.24) is 0 Å². The van der Waals surface area contributed by atoms with E-state index in [9.17, 15) is 4.79 Å². The van der Waals surface area contributed by atoms with Crippen molar-refractivity contribution >= 4 is 11.6 Å². The van der Waals surface area contributed by atoms with Crippen LogP contribution in [0.2, 0.25) is 0 Å². The molecule has 0 aromatic heterocycles. The first kappa shape index (κ1) is 16.9. The van der Waals surface area contributed by atoms with E-state index in [-0.39, 0.29) is 12.5 Å². The van der Waals surface area contributed by atoms with Gasteiger partial charge in [-0.2, -0.15) is 0 Å². The first-order valence-electron chi connectivity index (χ1n) is 7.79. The fourth-order valence-corrected chi connectivity index (χ4v) is 2.28. The molecule has 0 heterocycles. The van der Waals surface area contributed by atoms with Gasteiger partial charge >= 0.3 is 0 Å². The molecule has 1 amide bonds. The monoisotopic (exact) mass is 313 g/mol. The molecule has 23 heavy (non-hydrogen) atoms. The number of para-hydroxylation sites is 1.